The van der Waals surface area contributed by atoms with E-state index >= 15 is 0 Å². The number of hydrazine groups is 1. The van der Waals surface area contributed by atoms with E-state index in [-0.39, 0.29) is 0 Å². The van der Waals surface area contributed by atoms with Gasteiger partial charge < -0.3 is 5.32 Å². The molecule has 4 nitrogen and oxygen atoms in total. The van der Waals surface area contributed by atoms with E-state index in [0.717, 1.165) is 6.54 Å². The molecule has 0 saturated heterocycles. The van der Waals surface area contributed by atoms with Crippen LogP contribution in [-0.2, 0) is 0 Å². The highest BCUT2D eigenvalue weighted by atomic mass is 15.3. The van der Waals surface area contributed by atoms with Crippen LogP contribution in [0.15, 0.2) is 4.99 Å². The first kappa shape index (κ1) is 12.3. The molecule has 0 spiro atoms. The van der Waals surface area contributed by atoms with Gasteiger partial charge in [-0.1, -0.05) is 19.8 Å². The van der Waals surface area contributed by atoms with Gasteiger partial charge in [-0.3, -0.25) is 10.4 Å². The van der Waals surface area contributed by atoms with Crippen molar-refractivity contribution in [2.45, 2.75) is 52.5 Å². The van der Waals surface area contributed by atoms with E-state index in [1.165, 1.54) is 25.7 Å². The molecular formula is C11H24N4. The van der Waals surface area contributed by atoms with E-state index in [0.29, 0.717) is 17.4 Å². The van der Waals surface area contributed by atoms with E-state index in [9.17, 15) is 0 Å². The van der Waals surface area contributed by atoms with E-state index < -0.39 is 0 Å². The van der Waals surface area contributed by atoms with Crippen LogP contribution in [-0.4, -0.2) is 18.5 Å². The van der Waals surface area contributed by atoms with Crippen molar-refractivity contribution in [1.29, 1.82) is 0 Å². The number of nitrogens with zero attached hydrogens (tertiary/aromatic N) is 1. The Morgan fingerprint density at radius 1 is 1.40 bits per heavy atom. The third-order valence-corrected chi connectivity index (χ3v) is 2.99. The summed E-state index contributed by atoms with van der Waals surface area (Å²) < 4.78 is 0. The summed E-state index contributed by atoms with van der Waals surface area (Å²) in [6, 6.07) is 0.358. The molecule has 1 aliphatic carbocycles. The van der Waals surface area contributed by atoms with Gasteiger partial charge in [-0.25, -0.2) is 5.84 Å². The molecule has 0 atom stereocenters. The van der Waals surface area contributed by atoms with Crippen LogP contribution in [0.2, 0.25) is 0 Å². The maximum atomic E-state index is 5.41. The number of hydrogen-bond donors (Lipinski definition) is 3. The van der Waals surface area contributed by atoms with Gasteiger partial charge in [-0.05, 0) is 32.1 Å². The Hall–Kier alpha value is -0.770. The van der Waals surface area contributed by atoms with Crippen LogP contribution in [0.25, 0.3) is 0 Å². The van der Waals surface area contributed by atoms with Gasteiger partial charge >= 0.3 is 0 Å². The first-order valence-electron chi connectivity index (χ1n) is 5.83. The van der Waals surface area contributed by atoms with Gasteiger partial charge in [0, 0.05) is 12.6 Å². The molecule has 1 saturated carbocycles. The van der Waals surface area contributed by atoms with E-state index in [4.69, 9.17) is 5.84 Å². The van der Waals surface area contributed by atoms with Crippen molar-refractivity contribution >= 4 is 5.96 Å². The summed E-state index contributed by atoms with van der Waals surface area (Å²) in [5.74, 6) is 6.11. The lowest BCUT2D eigenvalue weighted by Gasteiger charge is -2.21. The quantitative estimate of drug-likeness (QED) is 0.287. The molecule has 88 valence electrons. The molecular weight excluding hydrogens is 188 g/mol. The van der Waals surface area contributed by atoms with Gasteiger partial charge in [-0.15, -0.1) is 0 Å². The predicted octanol–water partition coefficient (Wildman–Crippen LogP) is 1.38. The lowest BCUT2D eigenvalue weighted by molar-refractivity contribution is 0.350. The maximum absolute atomic E-state index is 5.41. The molecule has 0 aromatic heterocycles. The molecule has 4 heteroatoms. The van der Waals surface area contributed by atoms with Gasteiger partial charge in [0.2, 0.25) is 5.96 Å². The summed E-state index contributed by atoms with van der Waals surface area (Å²) in [4.78, 5) is 4.51. The monoisotopic (exact) mass is 212 g/mol. The SMILES string of the molecule is CC(C)NC(=NCC1(C)CCCC1)NN. The number of hydrogen-bond acceptors (Lipinski definition) is 2. The lowest BCUT2D eigenvalue weighted by Crippen LogP contribution is -2.45. The Bertz CT molecular complexity index is 217. The zero-order valence-electron chi connectivity index (χ0n) is 10.1. The zero-order valence-corrected chi connectivity index (χ0v) is 10.1. The van der Waals surface area contributed by atoms with Gasteiger partial charge in [0.1, 0.15) is 0 Å². The molecule has 1 aliphatic rings. The second-order valence-electron chi connectivity index (χ2n) is 5.13. The maximum Gasteiger partial charge on any atom is 0.205 e. The zero-order chi connectivity index (χ0) is 11.3. The normalized spacial score (nSPS) is 20.7. The summed E-state index contributed by atoms with van der Waals surface area (Å²) in [5.41, 5.74) is 3.00. The molecule has 15 heavy (non-hydrogen) atoms. The van der Waals surface area contributed by atoms with Gasteiger partial charge in [0.25, 0.3) is 0 Å². The van der Waals surface area contributed by atoms with Crippen molar-refractivity contribution in [3.8, 4) is 0 Å². The molecule has 0 bridgehead atoms. The summed E-state index contributed by atoms with van der Waals surface area (Å²) in [6.07, 6.45) is 5.26. The smallest absolute Gasteiger partial charge is 0.205 e. The van der Waals surface area contributed by atoms with Gasteiger partial charge in [0.15, 0.2) is 0 Å². The number of guanidine groups is 1. The summed E-state index contributed by atoms with van der Waals surface area (Å²) in [6.45, 7) is 7.33. The Kier molecular flexibility index (Phi) is 4.39. The van der Waals surface area contributed by atoms with Crippen molar-refractivity contribution in [2.75, 3.05) is 6.54 Å². The highest BCUT2D eigenvalue weighted by molar-refractivity contribution is 5.79. The summed E-state index contributed by atoms with van der Waals surface area (Å²) >= 11 is 0. The van der Waals surface area contributed by atoms with Gasteiger partial charge in [-0.2, -0.15) is 0 Å². The largest absolute Gasteiger partial charge is 0.353 e. The van der Waals surface area contributed by atoms with Crippen molar-refractivity contribution in [3.63, 3.8) is 0 Å². The highest BCUT2D eigenvalue weighted by Crippen LogP contribution is 2.37. The van der Waals surface area contributed by atoms with Crippen LogP contribution in [0.4, 0.5) is 0 Å². The highest BCUT2D eigenvalue weighted by Gasteiger charge is 2.28. The Morgan fingerprint density at radius 3 is 2.47 bits per heavy atom. The molecule has 0 aliphatic heterocycles. The fourth-order valence-corrected chi connectivity index (χ4v) is 2.06. The van der Waals surface area contributed by atoms with E-state index in [2.05, 4.69) is 36.5 Å². The van der Waals surface area contributed by atoms with Crippen LogP contribution < -0.4 is 16.6 Å². The number of rotatable bonds is 3. The minimum atomic E-state index is 0.358. The van der Waals surface area contributed by atoms with Gasteiger partial charge in [0.05, 0.1) is 0 Å². The number of nitrogens with one attached hydrogen (secondary N) is 2. The van der Waals surface area contributed by atoms with Crippen LogP contribution in [0.1, 0.15) is 46.5 Å². The van der Waals surface area contributed by atoms with Crippen LogP contribution >= 0.6 is 0 Å². The molecule has 4 N–H and O–H groups in total. The molecule has 0 radical (unpaired) electrons. The number of nitrogens with two attached hydrogens (primary N) is 1. The third-order valence-electron chi connectivity index (χ3n) is 2.99. The topological polar surface area (TPSA) is 62.4 Å². The van der Waals surface area contributed by atoms with Crippen LogP contribution in [0, 0.1) is 5.41 Å². The fraction of sp³-hybridized carbons (Fsp3) is 0.909. The Balaban J connectivity index is 2.45. The van der Waals surface area contributed by atoms with E-state index in [1.807, 2.05) is 0 Å². The summed E-state index contributed by atoms with van der Waals surface area (Å²) in [7, 11) is 0. The minimum Gasteiger partial charge on any atom is -0.353 e. The molecule has 1 fully saturated rings. The second kappa shape index (κ2) is 5.35. The Morgan fingerprint density at radius 2 is 2.00 bits per heavy atom. The molecule has 0 unspecified atom stereocenters. The molecule has 0 aromatic carbocycles. The lowest BCUT2D eigenvalue weighted by atomic mass is 9.89. The number of aliphatic imine (C=N–C) groups is 1. The molecule has 0 aromatic rings. The molecule has 0 amide bonds. The Labute approximate surface area is 92.7 Å². The summed E-state index contributed by atoms with van der Waals surface area (Å²) in [5, 5.41) is 3.18. The average Bonchev–Trinajstić information content (AvgIpc) is 2.60. The van der Waals surface area contributed by atoms with Crippen molar-refractivity contribution < 1.29 is 0 Å². The van der Waals surface area contributed by atoms with Crippen molar-refractivity contribution in [3.05, 3.63) is 0 Å². The minimum absolute atomic E-state index is 0.358. The van der Waals surface area contributed by atoms with Crippen molar-refractivity contribution in [2.24, 2.45) is 16.3 Å². The average molecular weight is 212 g/mol. The first-order chi connectivity index (χ1) is 7.06. The first-order valence-corrected chi connectivity index (χ1v) is 5.83. The molecule has 1 rings (SSSR count). The fourth-order valence-electron chi connectivity index (χ4n) is 2.06. The van der Waals surface area contributed by atoms with Crippen molar-refractivity contribution in [1.82, 2.24) is 10.7 Å². The predicted molar refractivity (Wildman–Crippen MR) is 64.5 cm³/mol. The standard InChI is InChI=1S/C11H24N4/c1-9(2)14-10(15-12)13-8-11(3)6-4-5-7-11/h9H,4-8,12H2,1-3H3,(H2,13,14,15). The van der Waals surface area contributed by atoms with E-state index in [1.54, 1.807) is 0 Å². The van der Waals surface area contributed by atoms with Crippen LogP contribution in [0.3, 0.4) is 0 Å². The molecule has 0 heterocycles. The second-order valence-corrected chi connectivity index (χ2v) is 5.13. The third kappa shape index (κ3) is 4.08. The van der Waals surface area contributed by atoms with Crippen LogP contribution in [0.5, 0.6) is 0 Å².